The van der Waals surface area contributed by atoms with E-state index in [1.165, 1.54) is 21.1 Å². The molecule has 4 N–H and O–H groups in total. The molecule has 0 aromatic heterocycles. The molecule has 3 saturated heterocycles. The third-order valence-corrected chi connectivity index (χ3v) is 12.3. The van der Waals surface area contributed by atoms with Crippen molar-refractivity contribution in [2.45, 2.75) is 179 Å². The van der Waals surface area contributed by atoms with Crippen molar-refractivity contribution in [3.63, 3.8) is 0 Å². The molecule has 55 heavy (non-hydrogen) atoms. The molecule has 0 aromatic carbocycles. The van der Waals surface area contributed by atoms with Crippen LogP contribution in [0, 0.1) is 23.7 Å². The quantitative estimate of drug-likeness (QED) is 0.204. The van der Waals surface area contributed by atoms with Gasteiger partial charge in [0.25, 0.3) is 0 Å². The van der Waals surface area contributed by atoms with Crippen LogP contribution in [0.1, 0.15) is 94.9 Å². The minimum atomic E-state index is -1.96. The van der Waals surface area contributed by atoms with Crippen molar-refractivity contribution in [3.8, 4) is 0 Å². The van der Waals surface area contributed by atoms with Crippen LogP contribution in [0.5, 0.6) is 0 Å². The summed E-state index contributed by atoms with van der Waals surface area (Å²) in [5.74, 6) is -4.47. The van der Waals surface area contributed by atoms with Crippen molar-refractivity contribution in [1.82, 2.24) is 4.90 Å². The van der Waals surface area contributed by atoms with Gasteiger partial charge in [-0.3, -0.25) is 9.59 Å². The highest BCUT2D eigenvalue weighted by Crippen LogP contribution is 2.41. The zero-order valence-corrected chi connectivity index (χ0v) is 36.9. The smallest absolute Gasteiger partial charge is 0.311 e. The van der Waals surface area contributed by atoms with Gasteiger partial charge in [-0.2, -0.15) is 0 Å². The third-order valence-electron chi connectivity index (χ3n) is 12.3. The first-order valence-corrected chi connectivity index (χ1v) is 20.5. The van der Waals surface area contributed by atoms with Crippen LogP contribution in [-0.4, -0.2) is 155 Å². The van der Waals surface area contributed by atoms with Crippen LogP contribution in [0.2, 0.25) is 0 Å². The number of halogens is 2. The maximum absolute atomic E-state index is 14.2. The van der Waals surface area contributed by atoms with E-state index in [0.717, 1.165) is 0 Å². The molecule has 16 heteroatoms. The molecule has 14 nitrogen and oxygen atoms in total. The molecular formula is C39H71Cl2NO13. The number of esters is 1. The van der Waals surface area contributed by atoms with Crippen LogP contribution in [0.3, 0.4) is 0 Å². The Kier molecular flexibility index (Phi) is 19.2. The fourth-order valence-electron chi connectivity index (χ4n) is 8.58. The summed E-state index contributed by atoms with van der Waals surface area (Å²) in [6.07, 6.45) is -8.73. The number of aliphatic hydroxyl groups is 4. The predicted molar refractivity (Wildman–Crippen MR) is 208 cm³/mol. The van der Waals surface area contributed by atoms with E-state index < -0.39 is 102 Å². The maximum Gasteiger partial charge on any atom is 0.311 e. The van der Waals surface area contributed by atoms with Gasteiger partial charge in [0.05, 0.1) is 53.0 Å². The summed E-state index contributed by atoms with van der Waals surface area (Å²) in [6.45, 7) is 17.1. The van der Waals surface area contributed by atoms with E-state index in [0.29, 0.717) is 6.42 Å². The Labute approximate surface area is 338 Å². The van der Waals surface area contributed by atoms with E-state index in [1.807, 2.05) is 32.8 Å². The number of Topliss-reactive ketones (excluding diaryl/α,β-unsaturated/α-hetero) is 1. The van der Waals surface area contributed by atoms with Gasteiger partial charge in [0.1, 0.15) is 29.7 Å². The fourth-order valence-corrected chi connectivity index (χ4v) is 8.58. The van der Waals surface area contributed by atoms with Gasteiger partial charge in [0.15, 0.2) is 12.6 Å². The van der Waals surface area contributed by atoms with E-state index in [1.54, 1.807) is 48.5 Å². The summed E-state index contributed by atoms with van der Waals surface area (Å²) >= 11 is 9.53. The van der Waals surface area contributed by atoms with Crippen molar-refractivity contribution in [3.05, 3.63) is 0 Å². The lowest BCUT2D eigenvalue weighted by Gasteiger charge is -2.50. The van der Waals surface area contributed by atoms with Gasteiger partial charge in [-0.05, 0) is 74.9 Å². The summed E-state index contributed by atoms with van der Waals surface area (Å²) in [6, 6.07) is -0.283. The Bertz CT molecular complexity index is 1220. The van der Waals surface area contributed by atoms with Gasteiger partial charge in [0, 0.05) is 44.4 Å². The number of carbonyl (C=O) groups is 2. The highest BCUT2D eigenvalue weighted by Gasteiger charge is 2.54. The predicted octanol–water partition coefficient (Wildman–Crippen LogP) is 3.86. The molecule has 3 aliphatic heterocycles. The largest absolute Gasteiger partial charge is 0.459 e. The average molecular weight is 833 g/mol. The van der Waals surface area contributed by atoms with Crippen LogP contribution in [0.25, 0.3) is 0 Å². The monoisotopic (exact) mass is 831 g/mol. The molecule has 0 amide bonds. The van der Waals surface area contributed by atoms with Crippen LogP contribution in [-0.2, 0) is 42.7 Å². The zero-order chi connectivity index (χ0) is 42.4. The lowest BCUT2D eigenvalue weighted by atomic mass is 9.74. The van der Waals surface area contributed by atoms with E-state index in [4.69, 9.17) is 56.4 Å². The van der Waals surface area contributed by atoms with Crippen LogP contribution < -0.4 is 0 Å². The summed E-state index contributed by atoms with van der Waals surface area (Å²) in [5.41, 5.74) is -4.24. The van der Waals surface area contributed by atoms with Gasteiger partial charge in [-0.15, -0.1) is 23.2 Å². The molecule has 3 fully saturated rings. The third kappa shape index (κ3) is 11.7. The Morgan fingerprint density at radius 1 is 0.855 bits per heavy atom. The summed E-state index contributed by atoms with van der Waals surface area (Å²) in [4.78, 5) is 30.1. The molecule has 3 heterocycles. The summed E-state index contributed by atoms with van der Waals surface area (Å²) in [5, 5.41) is 45.7. The number of hydrogen-bond acceptors (Lipinski definition) is 14. The zero-order valence-electron chi connectivity index (χ0n) is 35.4. The number of hydrogen-bond donors (Lipinski definition) is 4. The molecule has 0 aliphatic carbocycles. The molecule has 0 saturated carbocycles. The summed E-state index contributed by atoms with van der Waals surface area (Å²) in [7, 11) is 6.77. The van der Waals surface area contributed by atoms with E-state index in [9.17, 15) is 30.0 Å². The second-order valence-electron chi connectivity index (χ2n) is 16.7. The van der Waals surface area contributed by atoms with Gasteiger partial charge in [-0.25, -0.2) is 0 Å². The Hall–Kier alpha value is -0.720. The number of cyclic esters (lactones) is 1. The lowest BCUT2D eigenvalue weighted by Crippen LogP contribution is -2.61. The lowest BCUT2D eigenvalue weighted by molar-refractivity contribution is -0.319. The van der Waals surface area contributed by atoms with Gasteiger partial charge < -0.3 is 58.5 Å². The van der Waals surface area contributed by atoms with E-state index in [2.05, 4.69) is 0 Å². The molecule has 3 rings (SSSR count). The number of rotatable bonds is 8. The first-order chi connectivity index (χ1) is 25.4. The first-order valence-electron chi connectivity index (χ1n) is 19.4. The second-order valence-corrected chi connectivity index (χ2v) is 17.5. The molecule has 0 aromatic rings. The first kappa shape index (κ1) is 50.4. The number of likely N-dealkylation sites (N-methyl/N-ethyl adjacent to an activating group) is 1. The number of carbonyl (C=O) groups excluding carboxylic acids is 2. The standard InChI is InChI=1S/C38H69NO13.CH2Cl2/c1-15-26-38(10,45)31(42)21(4)28(40)19(2)17-37(9,47-14)33(52-35-29(41)25(39(11)12)16-20(3)48-35)22(5)30(23(6)34(44)50-26)51-27-18-36(8,46-13)32(43)24(7)49-27;2-1-3/h19-27,29-33,35,41-43,45H,15-18H2,1-14H3;1H2/t19-,20-,21-,22+,23-,24+,25+,26+,27+,29-,30+,31-,32+,33-,35+,36-,37-,38-;/m1./s1. The Balaban J connectivity index is 0.00000337. The molecule has 324 valence electrons. The minimum absolute atomic E-state index is 0.111. The molecule has 0 spiro atoms. The average Bonchev–Trinajstić information content (AvgIpc) is 3.12. The Morgan fingerprint density at radius 3 is 1.93 bits per heavy atom. The van der Waals surface area contributed by atoms with Crippen molar-refractivity contribution < 1.29 is 63.2 Å². The minimum Gasteiger partial charge on any atom is -0.459 e. The Morgan fingerprint density at radius 2 is 1.42 bits per heavy atom. The molecule has 0 bridgehead atoms. The molecule has 18 atom stereocenters. The van der Waals surface area contributed by atoms with Crippen molar-refractivity contribution in [2.24, 2.45) is 23.7 Å². The van der Waals surface area contributed by atoms with Crippen molar-refractivity contribution >= 4 is 35.0 Å². The number of methoxy groups -OCH3 is 2. The highest BCUT2D eigenvalue weighted by molar-refractivity contribution is 6.40. The number of aliphatic hydroxyl groups excluding tert-OH is 3. The maximum atomic E-state index is 14.2. The van der Waals surface area contributed by atoms with E-state index >= 15 is 0 Å². The number of ether oxygens (including phenoxy) is 7. The highest BCUT2D eigenvalue weighted by atomic mass is 35.5. The number of ketones is 1. The molecular weight excluding hydrogens is 761 g/mol. The van der Waals surface area contributed by atoms with Gasteiger partial charge in [-0.1, -0.05) is 27.7 Å². The normalized spacial score (nSPS) is 46.7. The van der Waals surface area contributed by atoms with Gasteiger partial charge >= 0.3 is 5.97 Å². The van der Waals surface area contributed by atoms with Crippen LogP contribution in [0.4, 0.5) is 0 Å². The van der Waals surface area contributed by atoms with Gasteiger partial charge in [0.2, 0.25) is 0 Å². The van der Waals surface area contributed by atoms with Crippen LogP contribution >= 0.6 is 23.2 Å². The van der Waals surface area contributed by atoms with Crippen LogP contribution in [0.15, 0.2) is 0 Å². The SMILES string of the molecule is CC[C@@H]1OC(=O)[C@H](C)[C@@H](O[C@H]2C[C@@](C)(OC)[C@@H](O)[C@H](C)O2)[C@H](C)[C@@H](O[C@@H]2O[C@H](C)C[C@H](N(C)C)[C@H]2O)[C@](C)(OC)C[C@@H](C)C(=O)[C@@H](C)[C@@H](O)[C@]1(C)O.ClCCl. The number of alkyl halides is 2. The topological polar surface area (TPSA) is 183 Å². The summed E-state index contributed by atoms with van der Waals surface area (Å²) < 4.78 is 43.9. The van der Waals surface area contributed by atoms with Crippen molar-refractivity contribution in [2.75, 3.05) is 33.7 Å². The molecule has 3 aliphatic rings. The van der Waals surface area contributed by atoms with E-state index in [-0.39, 0.29) is 42.5 Å². The molecule has 0 unspecified atom stereocenters. The fraction of sp³-hybridized carbons (Fsp3) is 0.949. The number of nitrogens with zero attached hydrogens (tertiary/aromatic N) is 1. The van der Waals surface area contributed by atoms with Crippen molar-refractivity contribution in [1.29, 1.82) is 0 Å². The molecule has 0 radical (unpaired) electrons. The second kappa shape index (κ2) is 21.0.